The average Bonchev–Trinajstić information content (AvgIpc) is 2.77. The molecule has 0 spiro atoms. The summed E-state index contributed by atoms with van der Waals surface area (Å²) in [6, 6.07) is 2.89. The summed E-state index contributed by atoms with van der Waals surface area (Å²) in [4.78, 5) is 11.8. The zero-order chi connectivity index (χ0) is 25.9. The summed E-state index contributed by atoms with van der Waals surface area (Å²) in [7, 11) is -5.70. The van der Waals surface area contributed by atoms with E-state index >= 15 is 0 Å². The summed E-state index contributed by atoms with van der Waals surface area (Å²) in [6.07, 6.45) is -0.654. The second-order valence-electron chi connectivity index (χ2n) is 7.96. The molecule has 1 aliphatic rings. The number of pyridine rings is 1. The molecule has 0 saturated carbocycles. The first-order valence-electron chi connectivity index (χ1n) is 10.5. The predicted octanol–water partition coefficient (Wildman–Crippen LogP) is 1.39. The number of alkyl halides is 3. The smallest absolute Gasteiger partial charge is 0.365 e. The van der Waals surface area contributed by atoms with Crippen molar-refractivity contribution < 1.29 is 30.0 Å². The first-order valence-corrected chi connectivity index (χ1v) is 14.0. The second kappa shape index (κ2) is 10.6. The number of aromatic nitrogens is 3. The third kappa shape index (κ3) is 7.46. The van der Waals surface area contributed by atoms with E-state index in [9.17, 15) is 30.0 Å². The lowest BCUT2D eigenvalue weighted by Crippen LogP contribution is -2.42. The lowest BCUT2D eigenvalue weighted by molar-refractivity contribution is -0.137. The minimum atomic E-state index is -4.73. The molecule has 0 bridgehead atoms. The van der Waals surface area contributed by atoms with Crippen molar-refractivity contribution in [3.05, 3.63) is 41.3 Å². The van der Waals surface area contributed by atoms with Gasteiger partial charge in [0.1, 0.15) is 17.1 Å². The van der Waals surface area contributed by atoms with Crippen LogP contribution in [0.5, 0.6) is 0 Å². The fourth-order valence-electron chi connectivity index (χ4n) is 3.50. The normalized spacial score (nSPS) is 16.3. The molecular formula is C19H26F3N7O4S2. The van der Waals surface area contributed by atoms with Crippen molar-refractivity contribution in [2.45, 2.75) is 37.4 Å². The van der Waals surface area contributed by atoms with E-state index in [4.69, 9.17) is 0 Å². The SMILES string of the molecule is CNS(=O)(=O)Cc1ncccc1CNc1nc(NC2CCN(S(C)(=O)=O)CC2)ncc1C(F)(F)F. The summed E-state index contributed by atoms with van der Waals surface area (Å²) in [5, 5.41) is 5.60. The Labute approximate surface area is 201 Å². The number of rotatable bonds is 9. The summed E-state index contributed by atoms with van der Waals surface area (Å²) in [5.74, 6) is -0.951. The summed E-state index contributed by atoms with van der Waals surface area (Å²) >= 11 is 0. The molecular weight excluding hydrogens is 511 g/mol. The van der Waals surface area contributed by atoms with Gasteiger partial charge in [0.15, 0.2) is 0 Å². The van der Waals surface area contributed by atoms with E-state index < -0.39 is 43.4 Å². The summed E-state index contributed by atoms with van der Waals surface area (Å²) in [5.41, 5.74) is -0.503. The van der Waals surface area contributed by atoms with Crippen LogP contribution in [-0.2, 0) is 38.5 Å². The van der Waals surface area contributed by atoms with Crippen LogP contribution >= 0.6 is 0 Å². The van der Waals surface area contributed by atoms with Crippen LogP contribution in [0.2, 0.25) is 0 Å². The molecule has 0 aromatic carbocycles. The molecule has 1 fully saturated rings. The number of halogens is 3. The lowest BCUT2D eigenvalue weighted by Gasteiger charge is -2.30. The van der Waals surface area contributed by atoms with Crippen molar-refractivity contribution in [1.82, 2.24) is 24.0 Å². The Morgan fingerprint density at radius 1 is 1.14 bits per heavy atom. The zero-order valence-electron chi connectivity index (χ0n) is 19.0. The molecule has 0 radical (unpaired) electrons. The van der Waals surface area contributed by atoms with Gasteiger partial charge in [-0.3, -0.25) is 4.98 Å². The van der Waals surface area contributed by atoms with Gasteiger partial charge in [-0.25, -0.2) is 30.8 Å². The predicted molar refractivity (Wildman–Crippen MR) is 123 cm³/mol. The van der Waals surface area contributed by atoms with Gasteiger partial charge >= 0.3 is 6.18 Å². The second-order valence-corrected chi connectivity index (χ2v) is 11.9. The molecule has 0 atom stereocenters. The van der Waals surface area contributed by atoms with Crippen molar-refractivity contribution in [3.63, 3.8) is 0 Å². The molecule has 2 aromatic rings. The highest BCUT2D eigenvalue weighted by molar-refractivity contribution is 7.88. The Balaban J connectivity index is 1.78. The molecule has 1 saturated heterocycles. The fourth-order valence-corrected chi connectivity index (χ4v) is 5.14. The van der Waals surface area contributed by atoms with Gasteiger partial charge in [0.25, 0.3) is 0 Å². The number of nitrogens with zero attached hydrogens (tertiary/aromatic N) is 4. The van der Waals surface area contributed by atoms with Crippen molar-refractivity contribution >= 4 is 31.8 Å². The highest BCUT2D eigenvalue weighted by Gasteiger charge is 2.35. The molecule has 16 heteroatoms. The highest BCUT2D eigenvalue weighted by Crippen LogP contribution is 2.34. The Hall–Kier alpha value is -2.56. The van der Waals surface area contributed by atoms with Crippen LogP contribution in [0.15, 0.2) is 24.5 Å². The van der Waals surface area contributed by atoms with Crippen LogP contribution in [-0.4, -0.2) is 68.5 Å². The van der Waals surface area contributed by atoms with E-state index in [0.717, 1.165) is 6.26 Å². The molecule has 1 aliphatic heterocycles. The number of sulfonamides is 2. The van der Waals surface area contributed by atoms with Gasteiger partial charge in [-0.2, -0.15) is 18.2 Å². The van der Waals surface area contributed by atoms with Gasteiger partial charge in [0, 0.05) is 38.1 Å². The van der Waals surface area contributed by atoms with Crippen molar-refractivity contribution in [3.8, 4) is 0 Å². The van der Waals surface area contributed by atoms with Crippen molar-refractivity contribution in [2.75, 3.05) is 37.0 Å². The van der Waals surface area contributed by atoms with E-state index in [-0.39, 0.29) is 37.3 Å². The Kier molecular flexibility index (Phi) is 8.18. The average molecular weight is 538 g/mol. The van der Waals surface area contributed by atoms with Gasteiger partial charge in [-0.05, 0) is 31.5 Å². The standard InChI is InChI=1S/C19H26F3N7O4S2/c1-23-35(32,33)12-16-13(4-3-7-24-16)10-25-17-15(19(20,21)22)11-26-18(28-17)27-14-5-8-29(9-6-14)34(2,30)31/h3-4,7,11,14,23H,5-6,8-10,12H2,1-2H3,(H2,25,26,27,28). The number of hydrogen-bond donors (Lipinski definition) is 3. The molecule has 2 aromatic heterocycles. The Bertz CT molecular complexity index is 1250. The Morgan fingerprint density at radius 2 is 1.83 bits per heavy atom. The molecule has 3 heterocycles. The van der Waals surface area contributed by atoms with Crippen LogP contribution in [0.4, 0.5) is 24.9 Å². The molecule has 11 nitrogen and oxygen atoms in total. The number of hydrogen-bond acceptors (Lipinski definition) is 9. The van der Waals surface area contributed by atoms with Gasteiger partial charge in [-0.15, -0.1) is 0 Å². The van der Waals surface area contributed by atoms with E-state index in [1.807, 2.05) is 0 Å². The Morgan fingerprint density at radius 3 is 2.43 bits per heavy atom. The van der Waals surface area contributed by atoms with Gasteiger partial charge in [-0.1, -0.05) is 6.07 Å². The zero-order valence-corrected chi connectivity index (χ0v) is 20.6. The molecule has 3 rings (SSSR count). The largest absolute Gasteiger partial charge is 0.421 e. The third-order valence-corrected chi connectivity index (χ3v) is 8.00. The molecule has 3 N–H and O–H groups in total. The van der Waals surface area contributed by atoms with E-state index in [0.29, 0.717) is 24.6 Å². The molecule has 0 amide bonds. The van der Waals surface area contributed by atoms with E-state index in [1.165, 1.54) is 17.5 Å². The highest BCUT2D eigenvalue weighted by atomic mass is 32.2. The van der Waals surface area contributed by atoms with E-state index in [2.05, 4.69) is 30.3 Å². The summed E-state index contributed by atoms with van der Waals surface area (Å²) in [6.45, 7) is 0.401. The first kappa shape index (κ1) is 27.0. The monoisotopic (exact) mass is 537 g/mol. The van der Waals surface area contributed by atoms with Gasteiger partial charge in [0.05, 0.1) is 11.9 Å². The van der Waals surface area contributed by atoms with Crippen molar-refractivity contribution in [1.29, 1.82) is 0 Å². The number of piperidine rings is 1. The fraction of sp³-hybridized carbons (Fsp3) is 0.526. The molecule has 0 unspecified atom stereocenters. The van der Waals surface area contributed by atoms with Crippen LogP contribution in [0.1, 0.15) is 29.7 Å². The lowest BCUT2D eigenvalue weighted by atomic mass is 10.1. The minimum Gasteiger partial charge on any atom is -0.365 e. The minimum absolute atomic E-state index is 0.0394. The van der Waals surface area contributed by atoms with Crippen LogP contribution in [0.3, 0.4) is 0 Å². The van der Waals surface area contributed by atoms with Gasteiger partial charge < -0.3 is 10.6 Å². The molecule has 194 valence electrons. The topological polar surface area (TPSA) is 146 Å². The quantitative estimate of drug-likeness (QED) is 0.432. The maximum atomic E-state index is 13.6. The molecule has 0 aliphatic carbocycles. The first-order chi connectivity index (χ1) is 16.3. The van der Waals surface area contributed by atoms with Crippen LogP contribution in [0.25, 0.3) is 0 Å². The molecule has 35 heavy (non-hydrogen) atoms. The summed E-state index contributed by atoms with van der Waals surface area (Å²) < 4.78 is 91.3. The van der Waals surface area contributed by atoms with Gasteiger partial charge in [0.2, 0.25) is 26.0 Å². The number of nitrogens with one attached hydrogen (secondary N) is 3. The van der Waals surface area contributed by atoms with E-state index in [1.54, 1.807) is 12.1 Å². The van der Waals surface area contributed by atoms with Crippen molar-refractivity contribution in [2.24, 2.45) is 0 Å². The third-order valence-electron chi connectivity index (χ3n) is 5.42. The maximum Gasteiger partial charge on any atom is 0.421 e. The van der Waals surface area contributed by atoms with Crippen LogP contribution < -0.4 is 15.4 Å². The number of anilines is 2. The van der Waals surface area contributed by atoms with Crippen LogP contribution in [0, 0.1) is 0 Å². The maximum absolute atomic E-state index is 13.6.